The second kappa shape index (κ2) is 8.19. The fourth-order valence-electron chi connectivity index (χ4n) is 2.20. The van der Waals surface area contributed by atoms with E-state index < -0.39 is 23.8 Å². The maximum Gasteiger partial charge on any atom is 0.320 e. The third kappa shape index (κ3) is 4.41. The van der Waals surface area contributed by atoms with Crippen LogP contribution in [-0.4, -0.2) is 31.9 Å². The van der Waals surface area contributed by atoms with Gasteiger partial charge in [0.1, 0.15) is 5.78 Å². The summed E-state index contributed by atoms with van der Waals surface area (Å²) >= 11 is 0. The number of benzene rings is 1. The number of rotatable bonds is 7. The Labute approximate surface area is 124 Å². The van der Waals surface area contributed by atoms with Crippen LogP contribution in [0.5, 0.6) is 0 Å². The molecule has 0 N–H and O–H groups in total. The number of ketones is 1. The highest BCUT2D eigenvalue weighted by Crippen LogP contribution is 2.31. The topological polar surface area (TPSA) is 69.7 Å². The fourth-order valence-corrected chi connectivity index (χ4v) is 2.20. The van der Waals surface area contributed by atoms with Gasteiger partial charge in [0.05, 0.1) is 14.2 Å². The summed E-state index contributed by atoms with van der Waals surface area (Å²) in [6.45, 7) is 1.75. The molecule has 0 saturated carbocycles. The lowest BCUT2D eigenvalue weighted by Crippen LogP contribution is -2.33. The van der Waals surface area contributed by atoms with Crippen molar-refractivity contribution in [2.24, 2.45) is 5.92 Å². The highest BCUT2D eigenvalue weighted by molar-refractivity contribution is 5.96. The summed E-state index contributed by atoms with van der Waals surface area (Å²) in [5.41, 5.74) is 0.736. The average molecular weight is 292 g/mol. The molecule has 1 aromatic rings. The molecule has 114 valence electrons. The second-order valence-corrected chi connectivity index (χ2v) is 4.64. The van der Waals surface area contributed by atoms with Gasteiger partial charge in [-0.15, -0.1) is 0 Å². The zero-order valence-electron chi connectivity index (χ0n) is 12.5. The second-order valence-electron chi connectivity index (χ2n) is 4.64. The van der Waals surface area contributed by atoms with Crippen LogP contribution in [0.2, 0.25) is 0 Å². The molecule has 5 nitrogen and oxygen atoms in total. The summed E-state index contributed by atoms with van der Waals surface area (Å²) < 4.78 is 9.40. The zero-order chi connectivity index (χ0) is 15.8. The van der Waals surface area contributed by atoms with Crippen LogP contribution in [0.4, 0.5) is 0 Å². The molecule has 5 heteroatoms. The van der Waals surface area contributed by atoms with Gasteiger partial charge in [-0.2, -0.15) is 0 Å². The number of ether oxygens (including phenoxy) is 2. The Morgan fingerprint density at radius 1 is 1.00 bits per heavy atom. The van der Waals surface area contributed by atoms with Crippen molar-refractivity contribution in [3.63, 3.8) is 0 Å². The Kier molecular flexibility index (Phi) is 6.59. The first-order chi connectivity index (χ1) is 10.0. The lowest BCUT2D eigenvalue weighted by atomic mass is 9.82. The molecule has 1 rings (SSSR count). The monoisotopic (exact) mass is 292 g/mol. The Balaban J connectivity index is 3.21. The van der Waals surface area contributed by atoms with E-state index in [0.717, 1.165) is 5.56 Å². The molecule has 1 atom stereocenters. The van der Waals surface area contributed by atoms with E-state index in [1.165, 1.54) is 14.2 Å². The van der Waals surface area contributed by atoms with Gasteiger partial charge < -0.3 is 9.47 Å². The molecule has 0 heterocycles. The summed E-state index contributed by atoms with van der Waals surface area (Å²) in [5, 5.41) is 0. The fraction of sp³-hybridized carbons (Fsp3) is 0.438. The molecule has 0 aromatic heterocycles. The number of Topliss-reactive ketones (excluding diaryl/α,β-unsaturated/α-hetero) is 1. The van der Waals surface area contributed by atoms with Crippen molar-refractivity contribution in [2.45, 2.75) is 25.7 Å². The number of hydrogen-bond donors (Lipinski definition) is 0. The zero-order valence-corrected chi connectivity index (χ0v) is 12.5. The van der Waals surface area contributed by atoms with Gasteiger partial charge in [-0.25, -0.2) is 0 Å². The molecule has 0 saturated heterocycles. The van der Waals surface area contributed by atoms with Gasteiger partial charge in [-0.05, 0) is 5.56 Å². The predicted molar refractivity (Wildman–Crippen MR) is 76.6 cm³/mol. The largest absolute Gasteiger partial charge is 0.468 e. The quantitative estimate of drug-likeness (QED) is 0.568. The summed E-state index contributed by atoms with van der Waals surface area (Å²) in [5.74, 6) is -3.14. The molecular formula is C16H20O5. The lowest BCUT2D eigenvalue weighted by molar-refractivity contribution is -0.160. The minimum absolute atomic E-state index is 0.0262. The van der Waals surface area contributed by atoms with E-state index in [1.807, 2.05) is 6.07 Å². The van der Waals surface area contributed by atoms with E-state index in [1.54, 1.807) is 31.2 Å². The predicted octanol–water partition coefficient (Wildman–Crippen LogP) is 2.10. The third-order valence-corrected chi connectivity index (χ3v) is 3.38. The summed E-state index contributed by atoms with van der Waals surface area (Å²) in [7, 11) is 2.42. The first-order valence-corrected chi connectivity index (χ1v) is 6.77. The molecule has 21 heavy (non-hydrogen) atoms. The van der Waals surface area contributed by atoms with Gasteiger partial charge in [-0.1, -0.05) is 37.3 Å². The Morgan fingerprint density at radius 2 is 1.52 bits per heavy atom. The first kappa shape index (κ1) is 16.9. The van der Waals surface area contributed by atoms with Crippen molar-refractivity contribution in [1.82, 2.24) is 0 Å². The molecule has 0 aliphatic carbocycles. The van der Waals surface area contributed by atoms with Gasteiger partial charge >= 0.3 is 11.9 Å². The molecule has 0 aliphatic heterocycles. The van der Waals surface area contributed by atoms with Crippen LogP contribution in [0.15, 0.2) is 30.3 Å². The van der Waals surface area contributed by atoms with Crippen LogP contribution in [0.1, 0.15) is 31.2 Å². The van der Waals surface area contributed by atoms with E-state index in [4.69, 9.17) is 9.47 Å². The molecule has 0 amide bonds. The number of methoxy groups -OCH3 is 2. The molecule has 0 radical (unpaired) electrons. The van der Waals surface area contributed by atoms with Gasteiger partial charge in [0.15, 0.2) is 5.92 Å². The normalized spacial score (nSPS) is 11.8. The Bertz CT molecular complexity index is 479. The molecule has 0 fully saturated rings. The van der Waals surface area contributed by atoms with Crippen molar-refractivity contribution in [1.29, 1.82) is 0 Å². The molecule has 1 unspecified atom stereocenters. The summed E-state index contributed by atoms with van der Waals surface area (Å²) in [6.07, 6.45) is 0.438. The van der Waals surface area contributed by atoms with E-state index >= 15 is 0 Å². The highest BCUT2D eigenvalue weighted by atomic mass is 16.5. The Morgan fingerprint density at radius 3 is 1.95 bits per heavy atom. The smallest absolute Gasteiger partial charge is 0.320 e. The summed E-state index contributed by atoms with van der Waals surface area (Å²) in [6, 6.07) is 8.99. The molecule has 1 aromatic carbocycles. The van der Waals surface area contributed by atoms with Crippen LogP contribution < -0.4 is 0 Å². The first-order valence-electron chi connectivity index (χ1n) is 6.77. The van der Waals surface area contributed by atoms with Crippen molar-refractivity contribution < 1.29 is 23.9 Å². The summed E-state index contributed by atoms with van der Waals surface area (Å²) in [4.78, 5) is 35.7. The van der Waals surface area contributed by atoms with Crippen LogP contribution in [0.25, 0.3) is 0 Å². The van der Waals surface area contributed by atoms with Gasteiger partial charge in [0.25, 0.3) is 0 Å². The van der Waals surface area contributed by atoms with Crippen LogP contribution >= 0.6 is 0 Å². The van der Waals surface area contributed by atoms with E-state index in [9.17, 15) is 14.4 Å². The van der Waals surface area contributed by atoms with Crippen LogP contribution in [0, 0.1) is 5.92 Å². The molecule has 0 aliphatic rings. The maximum atomic E-state index is 12.0. The molecular weight excluding hydrogens is 272 g/mol. The number of carbonyl (C=O) groups excluding carboxylic acids is 3. The van der Waals surface area contributed by atoms with Gasteiger partial charge in [-0.3, -0.25) is 14.4 Å². The molecule has 0 spiro atoms. The Hall–Kier alpha value is -2.17. The number of hydrogen-bond acceptors (Lipinski definition) is 5. The average Bonchev–Trinajstić information content (AvgIpc) is 2.54. The maximum absolute atomic E-state index is 12.0. The number of carbonyl (C=O) groups is 3. The standard InChI is InChI=1S/C16H20O5/c1-4-12(17)10-13(11-8-6-5-7-9-11)14(15(18)20-2)16(19)21-3/h5-9,13-14H,4,10H2,1-3H3. The highest BCUT2D eigenvalue weighted by Gasteiger charge is 2.38. The minimum Gasteiger partial charge on any atom is -0.468 e. The van der Waals surface area contributed by atoms with Crippen molar-refractivity contribution in [2.75, 3.05) is 14.2 Å². The van der Waals surface area contributed by atoms with E-state index in [2.05, 4.69) is 0 Å². The number of esters is 2. The van der Waals surface area contributed by atoms with E-state index in [-0.39, 0.29) is 12.2 Å². The van der Waals surface area contributed by atoms with Gasteiger partial charge in [0.2, 0.25) is 0 Å². The van der Waals surface area contributed by atoms with Gasteiger partial charge in [0, 0.05) is 18.8 Å². The van der Waals surface area contributed by atoms with E-state index in [0.29, 0.717) is 6.42 Å². The van der Waals surface area contributed by atoms with Crippen LogP contribution in [-0.2, 0) is 23.9 Å². The lowest BCUT2D eigenvalue weighted by Gasteiger charge is -2.23. The molecule has 0 bridgehead atoms. The van der Waals surface area contributed by atoms with Crippen molar-refractivity contribution in [3.8, 4) is 0 Å². The van der Waals surface area contributed by atoms with Crippen molar-refractivity contribution in [3.05, 3.63) is 35.9 Å². The van der Waals surface area contributed by atoms with Crippen molar-refractivity contribution >= 4 is 17.7 Å². The SMILES string of the molecule is CCC(=O)CC(c1ccccc1)C(C(=O)OC)C(=O)OC. The third-order valence-electron chi connectivity index (χ3n) is 3.38. The minimum atomic E-state index is -1.14. The van der Waals surface area contributed by atoms with Crippen LogP contribution in [0.3, 0.4) is 0 Å².